The summed E-state index contributed by atoms with van der Waals surface area (Å²) in [5.41, 5.74) is 1.87. The fourth-order valence-corrected chi connectivity index (χ4v) is 3.53. The van der Waals surface area contributed by atoms with Crippen LogP contribution < -0.4 is 24.8 Å². The molecule has 1 heterocycles. The molecule has 2 amide bonds. The Morgan fingerprint density at radius 3 is 2.31 bits per heavy atom. The first kappa shape index (κ1) is 24.3. The van der Waals surface area contributed by atoms with Crippen molar-refractivity contribution >= 4 is 34.3 Å². The molecule has 0 aliphatic rings. The number of nitrogens with zero attached hydrogens (tertiary/aromatic N) is 1. The van der Waals surface area contributed by atoms with E-state index in [4.69, 9.17) is 18.9 Å². The number of aromatic nitrogens is 1. The number of methoxy groups -OCH3 is 2. The minimum atomic E-state index is -0.505. The number of anilines is 2. The van der Waals surface area contributed by atoms with E-state index in [2.05, 4.69) is 15.6 Å². The molecular weight excluding hydrogens is 462 g/mol. The highest BCUT2D eigenvalue weighted by atomic mass is 16.5. The molecule has 0 atom stereocenters. The molecule has 184 valence electrons. The van der Waals surface area contributed by atoms with Gasteiger partial charge in [-0.2, -0.15) is 0 Å². The molecule has 9 nitrogen and oxygen atoms in total. The van der Waals surface area contributed by atoms with Crippen LogP contribution in [0.4, 0.5) is 16.2 Å². The Balaban J connectivity index is 1.46. The molecule has 0 aliphatic heterocycles. The minimum absolute atomic E-state index is 0.241. The lowest BCUT2D eigenvalue weighted by atomic mass is 10.2. The molecule has 0 bridgehead atoms. The number of nitrogens with one attached hydrogen (secondary N) is 2. The van der Waals surface area contributed by atoms with Gasteiger partial charge in [0.15, 0.2) is 11.5 Å². The highest BCUT2D eigenvalue weighted by Gasteiger charge is 2.14. The zero-order valence-corrected chi connectivity index (χ0v) is 20.0. The van der Waals surface area contributed by atoms with Crippen molar-refractivity contribution in [2.45, 2.75) is 6.92 Å². The number of ether oxygens (including phenoxy) is 4. The molecule has 2 N–H and O–H groups in total. The summed E-state index contributed by atoms with van der Waals surface area (Å²) in [5, 5.41) is 6.18. The van der Waals surface area contributed by atoms with Crippen LogP contribution in [-0.2, 0) is 4.74 Å². The Bertz CT molecular complexity index is 1390. The zero-order chi connectivity index (χ0) is 25.5. The van der Waals surface area contributed by atoms with E-state index in [0.29, 0.717) is 39.9 Å². The van der Waals surface area contributed by atoms with Gasteiger partial charge in [0.25, 0.3) is 0 Å². The van der Waals surface area contributed by atoms with Crippen LogP contribution in [0.15, 0.2) is 72.9 Å². The first-order valence-corrected chi connectivity index (χ1v) is 11.1. The molecule has 36 heavy (non-hydrogen) atoms. The first-order chi connectivity index (χ1) is 17.5. The van der Waals surface area contributed by atoms with Gasteiger partial charge in [0, 0.05) is 23.3 Å². The molecular formula is C27H25N3O6. The van der Waals surface area contributed by atoms with E-state index in [1.807, 2.05) is 6.07 Å². The van der Waals surface area contributed by atoms with Crippen molar-refractivity contribution in [3.05, 3.63) is 78.5 Å². The lowest BCUT2D eigenvalue weighted by molar-refractivity contribution is 0.0527. The van der Waals surface area contributed by atoms with Crippen LogP contribution in [0.25, 0.3) is 10.9 Å². The van der Waals surface area contributed by atoms with E-state index in [-0.39, 0.29) is 12.2 Å². The predicted molar refractivity (Wildman–Crippen MR) is 136 cm³/mol. The molecule has 4 rings (SSSR count). The van der Waals surface area contributed by atoms with Crippen molar-refractivity contribution in [2.24, 2.45) is 0 Å². The number of amides is 2. The topological polar surface area (TPSA) is 108 Å². The van der Waals surface area contributed by atoms with Crippen LogP contribution >= 0.6 is 0 Å². The molecule has 3 aromatic carbocycles. The molecule has 0 radical (unpaired) electrons. The van der Waals surface area contributed by atoms with Crippen LogP contribution in [-0.4, -0.2) is 37.8 Å². The van der Waals surface area contributed by atoms with Gasteiger partial charge in [-0.15, -0.1) is 0 Å². The van der Waals surface area contributed by atoms with E-state index < -0.39 is 12.0 Å². The molecule has 4 aromatic rings. The van der Waals surface area contributed by atoms with Crippen LogP contribution in [0, 0.1) is 0 Å². The number of pyridine rings is 1. The summed E-state index contributed by atoms with van der Waals surface area (Å²) in [4.78, 5) is 29.0. The van der Waals surface area contributed by atoms with Crippen molar-refractivity contribution < 1.29 is 28.5 Å². The van der Waals surface area contributed by atoms with Crippen molar-refractivity contribution in [3.63, 3.8) is 0 Å². The smallest absolute Gasteiger partial charge is 0.340 e. The highest BCUT2D eigenvalue weighted by molar-refractivity contribution is 6.05. The van der Waals surface area contributed by atoms with E-state index in [1.54, 1.807) is 88.0 Å². The number of rotatable bonds is 8. The molecule has 0 saturated heterocycles. The van der Waals surface area contributed by atoms with Crippen molar-refractivity contribution in [2.75, 3.05) is 31.5 Å². The standard InChI is InChI=1S/C27H25N3O6/c1-4-35-26(31)19-7-5-6-8-21(19)30-27(32)29-17-9-11-18(12-10-17)36-23-13-14-28-22-16-25(34-3)24(33-2)15-20(22)23/h5-16H,4H2,1-3H3,(H2,29,30,32). The Morgan fingerprint density at radius 1 is 0.861 bits per heavy atom. The van der Waals surface area contributed by atoms with E-state index in [1.165, 1.54) is 0 Å². The first-order valence-electron chi connectivity index (χ1n) is 11.1. The lowest BCUT2D eigenvalue weighted by Gasteiger charge is -2.13. The average molecular weight is 488 g/mol. The second-order valence-corrected chi connectivity index (χ2v) is 7.51. The van der Waals surface area contributed by atoms with Gasteiger partial charge >= 0.3 is 12.0 Å². The Hall–Kier alpha value is -4.79. The Labute approximate surface area is 208 Å². The van der Waals surface area contributed by atoms with Crippen molar-refractivity contribution in [1.82, 2.24) is 4.98 Å². The molecule has 0 fully saturated rings. The Kier molecular flexibility index (Phi) is 7.50. The highest BCUT2D eigenvalue weighted by Crippen LogP contribution is 2.37. The number of esters is 1. The fourth-order valence-electron chi connectivity index (χ4n) is 3.53. The fraction of sp³-hybridized carbons (Fsp3) is 0.148. The third kappa shape index (κ3) is 5.47. The summed E-state index contributed by atoms with van der Waals surface area (Å²) in [5.74, 6) is 1.80. The summed E-state index contributed by atoms with van der Waals surface area (Å²) in [6.07, 6.45) is 1.65. The maximum absolute atomic E-state index is 12.5. The van der Waals surface area contributed by atoms with E-state index in [0.717, 1.165) is 5.39 Å². The van der Waals surface area contributed by atoms with Gasteiger partial charge in [0.05, 0.1) is 37.6 Å². The third-order valence-electron chi connectivity index (χ3n) is 5.22. The third-order valence-corrected chi connectivity index (χ3v) is 5.22. The average Bonchev–Trinajstić information content (AvgIpc) is 2.89. The number of urea groups is 1. The lowest BCUT2D eigenvalue weighted by Crippen LogP contribution is -2.21. The summed E-state index contributed by atoms with van der Waals surface area (Å²) in [7, 11) is 3.14. The quantitative estimate of drug-likeness (QED) is 0.300. The Morgan fingerprint density at radius 2 is 1.58 bits per heavy atom. The molecule has 0 spiro atoms. The van der Waals surface area contributed by atoms with Gasteiger partial charge in [-0.25, -0.2) is 9.59 Å². The van der Waals surface area contributed by atoms with Crippen molar-refractivity contribution in [3.8, 4) is 23.0 Å². The van der Waals surface area contributed by atoms with E-state index >= 15 is 0 Å². The molecule has 0 saturated carbocycles. The SMILES string of the molecule is CCOC(=O)c1ccccc1NC(=O)Nc1ccc(Oc2ccnc3cc(OC)c(OC)cc23)cc1. The molecule has 0 aliphatic carbocycles. The van der Waals surface area contributed by atoms with Crippen LogP contribution in [0.3, 0.4) is 0 Å². The number of para-hydroxylation sites is 1. The summed E-state index contributed by atoms with van der Waals surface area (Å²) < 4.78 is 21.9. The largest absolute Gasteiger partial charge is 0.493 e. The van der Waals surface area contributed by atoms with Gasteiger partial charge in [-0.05, 0) is 55.5 Å². The van der Waals surface area contributed by atoms with Crippen LogP contribution in [0.1, 0.15) is 17.3 Å². The van der Waals surface area contributed by atoms with Gasteiger partial charge in [-0.3, -0.25) is 4.98 Å². The van der Waals surface area contributed by atoms with Crippen LogP contribution in [0.2, 0.25) is 0 Å². The van der Waals surface area contributed by atoms with Gasteiger partial charge in [-0.1, -0.05) is 12.1 Å². The van der Waals surface area contributed by atoms with Gasteiger partial charge < -0.3 is 29.6 Å². The normalized spacial score (nSPS) is 10.4. The number of hydrogen-bond donors (Lipinski definition) is 2. The monoisotopic (exact) mass is 487 g/mol. The molecule has 9 heteroatoms. The summed E-state index contributed by atoms with van der Waals surface area (Å²) >= 11 is 0. The summed E-state index contributed by atoms with van der Waals surface area (Å²) in [6.45, 7) is 1.96. The second kappa shape index (κ2) is 11.1. The number of benzene rings is 3. The maximum Gasteiger partial charge on any atom is 0.340 e. The number of hydrogen-bond acceptors (Lipinski definition) is 7. The van der Waals surface area contributed by atoms with Crippen LogP contribution in [0.5, 0.6) is 23.0 Å². The number of carbonyl (C=O) groups excluding carboxylic acids is 2. The predicted octanol–water partition coefficient (Wildman–Crippen LogP) is 5.87. The number of carbonyl (C=O) groups is 2. The van der Waals surface area contributed by atoms with Gasteiger partial charge in [0.1, 0.15) is 11.5 Å². The van der Waals surface area contributed by atoms with Crippen molar-refractivity contribution in [1.29, 1.82) is 0 Å². The summed E-state index contributed by atoms with van der Waals surface area (Å²) in [6, 6.07) is 18.4. The van der Waals surface area contributed by atoms with E-state index in [9.17, 15) is 9.59 Å². The minimum Gasteiger partial charge on any atom is -0.493 e. The zero-order valence-electron chi connectivity index (χ0n) is 20.0. The number of fused-ring (bicyclic) bond motifs is 1. The molecule has 1 aromatic heterocycles. The second-order valence-electron chi connectivity index (χ2n) is 7.51. The van der Waals surface area contributed by atoms with Gasteiger partial charge in [0.2, 0.25) is 0 Å². The molecule has 0 unspecified atom stereocenters. The maximum atomic E-state index is 12.5.